The van der Waals surface area contributed by atoms with Gasteiger partial charge in [0.15, 0.2) is 0 Å². The summed E-state index contributed by atoms with van der Waals surface area (Å²) in [7, 11) is 0. The van der Waals surface area contributed by atoms with Crippen molar-refractivity contribution in [3.05, 3.63) is 35.5 Å². The van der Waals surface area contributed by atoms with Crippen molar-refractivity contribution in [1.82, 2.24) is 15.8 Å². The van der Waals surface area contributed by atoms with Gasteiger partial charge in [-0.2, -0.15) is 0 Å². The zero-order valence-corrected chi connectivity index (χ0v) is 11.3. The van der Waals surface area contributed by atoms with E-state index >= 15 is 0 Å². The van der Waals surface area contributed by atoms with Gasteiger partial charge in [0, 0.05) is 16.8 Å². The lowest BCUT2D eigenvalue weighted by atomic mass is 9.93. The molecule has 106 valence electrons. The van der Waals surface area contributed by atoms with E-state index in [0.717, 1.165) is 36.3 Å². The minimum atomic E-state index is -0.485. The fourth-order valence-electron chi connectivity index (χ4n) is 2.90. The number of hydrogen-bond acceptors (Lipinski definition) is 3. The van der Waals surface area contributed by atoms with E-state index in [9.17, 15) is 4.79 Å². The number of aromatic nitrogens is 1. The lowest BCUT2D eigenvalue weighted by molar-refractivity contribution is 0.0706. The van der Waals surface area contributed by atoms with Crippen LogP contribution in [0.4, 0.5) is 0 Å². The highest BCUT2D eigenvalue weighted by Gasteiger charge is 2.15. The van der Waals surface area contributed by atoms with Gasteiger partial charge in [-0.1, -0.05) is 6.07 Å². The quantitative estimate of drug-likeness (QED) is 0.509. The van der Waals surface area contributed by atoms with Crippen molar-refractivity contribution in [2.24, 2.45) is 5.92 Å². The van der Waals surface area contributed by atoms with Crippen LogP contribution < -0.4 is 10.8 Å². The van der Waals surface area contributed by atoms with Crippen molar-refractivity contribution in [1.29, 1.82) is 0 Å². The molecule has 1 amide bonds. The maximum atomic E-state index is 11.4. The second kappa shape index (κ2) is 5.64. The summed E-state index contributed by atoms with van der Waals surface area (Å²) >= 11 is 0. The van der Waals surface area contributed by atoms with Crippen LogP contribution in [0.1, 0.15) is 28.9 Å². The molecule has 20 heavy (non-hydrogen) atoms. The van der Waals surface area contributed by atoms with Gasteiger partial charge < -0.3 is 10.3 Å². The van der Waals surface area contributed by atoms with E-state index in [1.165, 1.54) is 18.5 Å². The van der Waals surface area contributed by atoms with Crippen LogP contribution in [0.5, 0.6) is 0 Å². The number of benzene rings is 1. The van der Waals surface area contributed by atoms with Crippen molar-refractivity contribution in [2.75, 3.05) is 13.1 Å². The van der Waals surface area contributed by atoms with Crippen molar-refractivity contribution in [2.45, 2.75) is 19.3 Å². The predicted molar refractivity (Wildman–Crippen MR) is 76.8 cm³/mol. The van der Waals surface area contributed by atoms with Gasteiger partial charge in [-0.25, -0.2) is 5.48 Å². The number of piperidine rings is 1. The number of carbonyl (C=O) groups is 1. The zero-order chi connectivity index (χ0) is 13.9. The van der Waals surface area contributed by atoms with Crippen LogP contribution >= 0.6 is 0 Å². The maximum absolute atomic E-state index is 11.4. The Bertz CT molecular complexity index is 615. The Morgan fingerprint density at radius 1 is 1.30 bits per heavy atom. The normalized spacial score (nSPS) is 16.4. The van der Waals surface area contributed by atoms with Crippen LogP contribution in [-0.4, -0.2) is 29.2 Å². The van der Waals surface area contributed by atoms with Gasteiger partial charge in [-0.05, 0) is 61.9 Å². The molecule has 1 aromatic carbocycles. The highest BCUT2D eigenvalue weighted by Crippen LogP contribution is 2.22. The Morgan fingerprint density at radius 3 is 2.85 bits per heavy atom. The van der Waals surface area contributed by atoms with E-state index in [1.54, 1.807) is 17.6 Å². The van der Waals surface area contributed by atoms with Crippen molar-refractivity contribution >= 4 is 16.8 Å². The number of amides is 1. The van der Waals surface area contributed by atoms with Gasteiger partial charge in [-0.3, -0.25) is 10.0 Å². The lowest BCUT2D eigenvalue weighted by Crippen LogP contribution is -2.28. The molecule has 0 saturated carbocycles. The molecule has 2 aromatic rings. The number of H-pyrrole nitrogens is 1. The molecule has 0 spiro atoms. The summed E-state index contributed by atoms with van der Waals surface area (Å²) in [5.74, 6) is 0.242. The molecule has 3 rings (SSSR count). The van der Waals surface area contributed by atoms with Crippen molar-refractivity contribution in [3.63, 3.8) is 0 Å². The molecule has 1 aliphatic rings. The van der Waals surface area contributed by atoms with E-state index < -0.39 is 5.91 Å². The first-order valence-electron chi connectivity index (χ1n) is 7.03. The molecule has 5 heteroatoms. The lowest BCUT2D eigenvalue weighted by Gasteiger charge is -2.21. The highest BCUT2D eigenvalue weighted by molar-refractivity contribution is 5.97. The van der Waals surface area contributed by atoms with Crippen LogP contribution in [0.3, 0.4) is 0 Å². The third-order valence-corrected chi connectivity index (χ3v) is 4.01. The maximum Gasteiger partial charge on any atom is 0.274 e. The third kappa shape index (κ3) is 2.69. The van der Waals surface area contributed by atoms with Gasteiger partial charge in [0.1, 0.15) is 0 Å². The summed E-state index contributed by atoms with van der Waals surface area (Å²) < 4.78 is 0. The largest absolute Gasteiger partial charge is 0.358 e. The smallest absolute Gasteiger partial charge is 0.274 e. The summed E-state index contributed by atoms with van der Waals surface area (Å²) in [5, 5.41) is 13.1. The number of hydroxylamine groups is 1. The molecule has 5 nitrogen and oxygen atoms in total. The standard InChI is InChI=1S/C15H19N3O2/c19-15(18-20)12-2-1-11-8-13(17-14(11)9-12)7-10-3-5-16-6-4-10/h1-2,8-10,16-17,20H,3-7H2,(H,18,19). The third-order valence-electron chi connectivity index (χ3n) is 4.01. The summed E-state index contributed by atoms with van der Waals surface area (Å²) in [6.45, 7) is 2.21. The molecule has 0 bridgehead atoms. The SMILES string of the molecule is O=C(NO)c1ccc2cc(CC3CCNCC3)[nH]c2c1. The summed E-state index contributed by atoms with van der Waals surface area (Å²) in [4.78, 5) is 14.8. The van der Waals surface area contributed by atoms with Gasteiger partial charge in [-0.15, -0.1) is 0 Å². The average Bonchev–Trinajstić information content (AvgIpc) is 2.88. The molecule has 1 aromatic heterocycles. The minimum absolute atomic E-state index is 0.454. The molecule has 0 aliphatic carbocycles. The average molecular weight is 273 g/mol. The Balaban J connectivity index is 1.81. The second-order valence-electron chi connectivity index (χ2n) is 5.44. The summed E-state index contributed by atoms with van der Waals surface area (Å²) in [6.07, 6.45) is 3.49. The van der Waals surface area contributed by atoms with E-state index in [1.807, 2.05) is 6.07 Å². The van der Waals surface area contributed by atoms with Gasteiger partial charge in [0.05, 0.1) is 0 Å². The fraction of sp³-hybridized carbons (Fsp3) is 0.400. The molecule has 4 N–H and O–H groups in total. The van der Waals surface area contributed by atoms with Crippen molar-refractivity contribution in [3.8, 4) is 0 Å². The molecule has 0 radical (unpaired) electrons. The monoisotopic (exact) mass is 273 g/mol. The van der Waals surface area contributed by atoms with Gasteiger partial charge in [0.25, 0.3) is 5.91 Å². The van der Waals surface area contributed by atoms with E-state index in [2.05, 4.69) is 16.4 Å². The number of aromatic amines is 1. The Labute approximate surface area is 117 Å². The number of carbonyl (C=O) groups excluding carboxylic acids is 1. The number of rotatable bonds is 3. The van der Waals surface area contributed by atoms with Crippen LogP contribution in [0.2, 0.25) is 0 Å². The minimum Gasteiger partial charge on any atom is -0.358 e. The molecule has 1 saturated heterocycles. The number of fused-ring (bicyclic) bond motifs is 1. The Morgan fingerprint density at radius 2 is 2.10 bits per heavy atom. The predicted octanol–water partition coefficient (Wildman–Crippen LogP) is 1.83. The summed E-state index contributed by atoms with van der Waals surface area (Å²) in [5.41, 5.74) is 4.27. The first-order chi connectivity index (χ1) is 9.76. The van der Waals surface area contributed by atoms with Crippen molar-refractivity contribution < 1.29 is 10.0 Å². The molecular formula is C15H19N3O2. The van der Waals surface area contributed by atoms with Crippen LogP contribution in [0.25, 0.3) is 10.9 Å². The molecule has 1 fully saturated rings. The second-order valence-corrected chi connectivity index (χ2v) is 5.44. The van der Waals surface area contributed by atoms with E-state index in [-0.39, 0.29) is 0 Å². The number of nitrogens with one attached hydrogen (secondary N) is 3. The van der Waals surface area contributed by atoms with Crippen LogP contribution in [-0.2, 0) is 6.42 Å². The van der Waals surface area contributed by atoms with E-state index in [0.29, 0.717) is 5.56 Å². The number of hydrogen-bond donors (Lipinski definition) is 4. The Hall–Kier alpha value is -1.85. The zero-order valence-electron chi connectivity index (χ0n) is 11.3. The van der Waals surface area contributed by atoms with Gasteiger partial charge >= 0.3 is 0 Å². The topological polar surface area (TPSA) is 77.2 Å². The molecule has 0 unspecified atom stereocenters. The molecular weight excluding hydrogens is 254 g/mol. The fourth-order valence-corrected chi connectivity index (χ4v) is 2.90. The molecule has 2 heterocycles. The summed E-state index contributed by atoms with van der Waals surface area (Å²) in [6, 6.07) is 7.54. The van der Waals surface area contributed by atoms with Crippen LogP contribution in [0, 0.1) is 5.92 Å². The van der Waals surface area contributed by atoms with E-state index in [4.69, 9.17) is 5.21 Å². The van der Waals surface area contributed by atoms with Gasteiger partial charge in [0.2, 0.25) is 0 Å². The molecule has 0 atom stereocenters. The highest BCUT2D eigenvalue weighted by atomic mass is 16.5. The molecule has 1 aliphatic heterocycles. The van der Waals surface area contributed by atoms with Crippen LogP contribution in [0.15, 0.2) is 24.3 Å². The Kier molecular flexibility index (Phi) is 3.71. The first-order valence-corrected chi connectivity index (χ1v) is 7.03. The first kappa shape index (κ1) is 13.1.